The Morgan fingerprint density at radius 1 is 1.37 bits per heavy atom. The quantitative estimate of drug-likeness (QED) is 0.803. The number of nitrogens with one attached hydrogen (secondary N) is 1. The molecule has 2 heterocycles. The molecule has 0 aliphatic carbocycles. The van der Waals surface area contributed by atoms with E-state index in [-0.39, 0.29) is 0 Å². The molecule has 7 nitrogen and oxygen atoms in total. The van der Waals surface area contributed by atoms with Crippen LogP contribution in [0.15, 0.2) is 12.4 Å². The highest BCUT2D eigenvalue weighted by Gasteiger charge is 2.11. The van der Waals surface area contributed by atoms with Gasteiger partial charge in [0.05, 0.1) is 13.2 Å². The summed E-state index contributed by atoms with van der Waals surface area (Å²) in [5.41, 5.74) is 1.21. The Balaban J connectivity index is 2.01. The Morgan fingerprint density at radius 2 is 2.21 bits per heavy atom. The largest absolute Gasteiger partial charge is 0.310 e. The van der Waals surface area contributed by atoms with E-state index in [9.17, 15) is 0 Å². The van der Waals surface area contributed by atoms with E-state index in [0.717, 1.165) is 19.4 Å². The molecule has 104 valence electrons. The first-order chi connectivity index (χ1) is 9.22. The van der Waals surface area contributed by atoms with Crippen molar-refractivity contribution in [1.29, 1.82) is 0 Å². The minimum Gasteiger partial charge on any atom is -0.310 e. The normalized spacial score (nSPS) is 12.8. The summed E-state index contributed by atoms with van der Waals surface area (Å²) in [7, 11) is 1.76. The Kier molecular flexibility index (Phi) is 4.62. The molecule has 1 unspecified atom stereocenters. The standard InChI is InChI=1S/C12H21N7/c1-4-6-13-11(5-2)10-7-14-19(8-10)9-12-15-17-18(3)16-12/h7-8,11,13H,4-6,9H2,1-3H3. The van der Waals surface area contributed by atoms with Crippen LogP contribution in [0.1, 0.15) is 44.1 Å². The number of hydrogen-bond donors (Lipinski definition) is 1. The van der Waals surface area contributed by atoms with Crippen molar-refractivity contribution in [1.82, 2.24) is 35.3 Å². The zero-order valence-electron chi connectivity index (χ0n) is 11.7. The van der Waals surface area contributed by atoms with Gasteiger partial charge in [0.2, 0.25) is 0 Å². The summed E-state index contributed by atoms with van der Waals surface area (Å²) < 4.78 is 1.85. The van der Waals surface area contributed by atoms with Crippen molar-refractivity contribution in [3.63, 3.8) is 0 Å². The molecule has 7 heteroatoms. The molecule has 0 aliphatic heterocycles. The van der Waals surface area contributed by atoms with Gasteiger partial charge in [-0.2, -0.15) is 9.90 Å². The maximum Gasteiger partial charge on any atom is 0.196 e. The van der Waals surface area contributed by atoms with Crippen molar-refractivity contribution in [3.05, 3.63) is 23.8 Å². The Labute approximate surface area is 113 Å². The highest BCUT2D eigenvalue weighted by molar-refractivity contribution is 5.10. The highest BCUT2D eigenvalue weighted by atomic mass is 15.6. The first-order valence-corrected chi connectivity index (χ1v) is 6.71. The molecule has 2 rings (SSSR count). The molecule has 0 fully saturated rings. The third-order valence-electron chi connectivity index (χ3n) is 2.96. The molecular formula is C12H21N7. The topological polar surface area (TPSA) is 73.5 Å². The van der Waals surface area contributed by atoms with Gasteiger partial charge in [-0.15, -0.1) is 10.2 Å². The Hall–Kier alpha value is -1.76. The summed E-state index contributed by atoms with van der Waals surface area (Å²) in [6.07, 6.45) is 6.14. The van der Waals surface area contributed by atoms with E-state index in [1.165, 1.54) is 10.4 Å². The molecule has 0 spiro atoms. The lowest BCUT2D eigenvalue weighted by Gasteiger charge is -2.14. The first-order valence-electron chi connectivity index (χ1n) is 6.71. The molecule has 2 aromatic rings. The van der Waals surface area contributed by atoms with E-state index in [1.807, 2.05) is 17.1 Å². The van der Waals surface area contributed by atoms with Gasteiger partial charge in [0.15, 0.2) is 5.82 Å². The predicted molar refractivity (Wildman–Crippen MR) is 71.5 cm³/mol. The highest BCUT2D eigenvalue weighted by Crippen LogP contribution is 2.15. The van der Waals surface area contributed by atoms with Crippen molar-refractivity contribution < 1.29 is 0 Å². The first kappa shape index (κ1) is 13.7. The lowest BCUT2D eigenvalue weighted by atomic mass is 10.1. The van der Waals surface area contributed by atoms with Crippen LogP contribution in [0.2, 0.25) is 0 Å². The van der Waals surface area contributed by atoms with Crippen LogP contribution in [0.5, 0.6) is 0 Å². The molecule has 0 saturated carbocycles. The van der Waals surface area contributed by atoms with Gasteiger partial charge in [-0.3, -0.25) is 4.68 Å². The van der Waals surface area contributed by atoms with Crippen molar-refractivity contribution in [2.75, 3.05) is 6.54 Å². The molecule has 0 bridgehead atoms. The van der Waals surface area contributed by atoms with Crippen LogP contribution in [0.3, 0.4) is 0 Å². The van der Waals surface area contributed by atoms with Crippen LogP contribution in [-0.2, 0) is 13.6 Å². The van der Waals surface area contributed by atoms with Crippen LogP contribution in [0, 0.1) is 0 Å². The van der Waals surface area contributed by atoms with E-state index in [2.05, 4.69) is 39.7 Å². The molecule has 0 amide bonds. The van der Waals surface area contributed by atoms with Gasteiger partial charge < -0.3 is 5.32 Å². The van der Waals surface area contributed by atoms with Crippen LogP contribution in [0.4, 0.5) is 0 Å². The average molecular weight is 263 g/mol. The minimum atomic E-state index is 0.364. The average Bonchev–Trinajstić information content (AvgIpc) is 3.01. The third kappa shape index (κ3) is 3.60. The van der Waals surface area contributed by atoms with E-state index in [4.69, 9.17) is 0 Å². The fourth-order valence-electron chi connectivity index (χ4n) is 1.99. The minimum absolute atomic E-state index is 0.364. The summed E-state index contributed by atoms with van der Waals surface area (Å²) in [6, 6.07) is 0.364. The summed E-state index contributed by atoms with van der Waals surface area (Å²) in [5, 5.41) is 19.8. The Morgan fingerprint density at radius 3 is 2.84 bits per heavy atom. The van der Waals surface area contributed by atoms with Crippen LogP contribution >= 0.6 is 0 Å². The van der Waals surface area contributed by atoms with E-state index < -0.39 is 0 Å². The fraction of sp³-hybridized carbons (Fsp3) is 0.667. The molecule has 2 aromatic heterocycles. The molecule has 19 heavy (non-hydrogen) atoms. The van der Waals surface area contributed by atoms with E-state index >= 15 is 0 Å². The number of hydrogen-bond acceptors (Lipinski definition) is 5. The van der Waals surface area contributed by atoms with Gasteiger partial charge in [-0.05, 0) is 24.6 Å². The lowest BCUT2D eigenvalue weighted by molar-refractivity contribution is 0.517. The maximum absolute atomic E-state index is 4.36. The smallest absolute Gasteiger partial charge is 0.196 e. The second kappa shape index (κ2) is 6.42. The van der Waals surface area contributed by atoms with E-state index in [1.54, 1.807) is 7.05 Å². The third-order valence-corrected chi connectivity index (χ3v) is 2.96. The SMILES string of the molecule is CCCNC(CC)c1cnn(Cc2nnn(C)n2)c1. The molecule has 0 aliphatic rings. The number of nitrogens with zero attached hydrogens (tertiary/aromatic N) is 6. The molecule has 0 saturated heterocycles. The number of aromatic nitrogens is 6. The lowest BCUT2D eigenvalue weighted by Crippen LogP contribution is -2.21. The van der Waals surface area contributed by atoms with Gasteiger partial charge in [-0.25, -0.2) is 0 Å². The summed E-state index contributed by atoms with van der Waals surface area (Å²) in [5.74, 6) is 0.673. The zero-order chi connectivity index (χ0) is 13.7. The number of rotatable bonds is 7. The molecule has 1 N–H and O–H groups in total. The van der Waals surface area contributed by atoms with Gasteiger partial charge >= 0.3 is 0 Å². The molecular weight excluding hydrogens is 242 g/mol. The van der Waals surface area contributed by atoms with Crippen molar-refractivity contribution in [2.45, 2.75) is 39.3 Å². The van der Waals surface area contributed by atoms with Crippen LogP contribution in [-0.4, -0.2) is 36.5 Å². The number of aryl methyl sites for hydroxylation is 1. The predicted octanol–water partition coefficient (Wildman–Crippen LogP) is 0.906. The fourth-order valence-corrected chi connectivity index (χ4v) is 1.99. The van der Waals surface area contributed by atoms with Crippen molar-refractivity contribution in [3.8, 4) is 0 Å². The van der Waals surface area contributed by atoms with Crippen molar-refractivity contribution in [2.24, 2.45) is 7.05 Å². The molecule has 1 atom stereocenters. The molecule has 0 radical (unpaired) electrons. The van der Waals surface area contributed by atoms with Crippen molar-refractivity contribution >= 4 is 0 Å². The molecule has 0 aromatic carbocycles. The monoisotopic (exact) mass is 263 g/mol. The van der Waals surface area contributed by atoms with Gasteiger partial charge in [0.1, 0.15) is 6.54 Å². The zero-order valence-corrected chi connectivity index (χ0v) is 11.7. The summed E-state index contributed by atoms with van der Waals surface area (Å²) in [4.78, 5) is 1.46. The second-order valence-corrected chi connectivity index (χ2v) is 4.58. The van der Waals surface area contributed by atoms with Crippen LogP contribution < -0.4 is 5.32 Å². The maximum atomic E-state index is 4.36. The van der Waals surface area contributed by atoms with Crippen LogP contribution in [0.25, 0.3) is 0 Å². The summed E-state index contributed by atoms with van der Waals surface area (Å²) in [6.45, 7) is 5.92. The van der Waals surface area contributed by atoms with E-state index in [0.29, 0.717) is 18.4 Å². The van der Waals surface area contributed by atoms with Gasteiger partial charge in [0, 0.05) is 17.8 Å². The number of tetrazole rings is 1. The Bertz CT molecular complexity index is 502. The van der Waals surface area contributed by atoms with Gasteiger partial charge in [-0.1, -0.05) is 13.8 Å². The summed E-state index contributed by atoms with van der Waals surface area (Å²) >= 11 is 0. The van der Waals surface area contributed by atoms with Gasteiger partial charge in [0.25, 0.3) is 0 Å². The second-order valence-electron chi connectivity index (χ2n) is 4.58.